The van der Waals surface area contributed by atoms with Gasteiger partial charge in [-0.3, -0.25) is 0 Å². The number of carbonyl (C=O) groups is 1. The molecule has 0 radical (unpaired) electrons. The van der Waals surface area contributed by atoms with Crippen LogP contribution < -0.4 is 4.90 Å². The maximum Gasteiger partial charge on any atom is 0.363 e. The quantitative estimate of drug-likeness (QED) is 0.592. The van der Waals surface area contributed by atoms with Crippen molar-refractivity contribution in [2.75, 3.05) is 18.5 Å². The molecule has 6 heteroatoms. The van der Waals surface area contributed by atoms with E-state index < -0.39 is 5.97 Å². The van der Waals surface area contributed by atoms with Gasteiger partial charge >= 0.3 is 5.97 Å². The van der Waals surface area contributed by atoms with Crippen LogP contribution in [-0.2, 0) is 9.53 Å². The molecule has 0 fully saturated rings. The lowest BCUT2D eigenvalue weighted by Gasteiger charge is -2.17. The monoisotopic (exact) mass is 365 g/mol. The first-order valence-electron chi connectivity index (χ1n) is 8.03. The van der Waals surface area contributed by atoms with E-state index in [4.69, 9.17) is 21.6 Å². The van der Waals surface area contributed by atoms with E-state index in [-0.39, 0.29) is 11.6 Å². The van der Waals surface area contributed by atoms with Crippen LogP contribution in [0.25, 0.3) is 6.08 Å². The minimum Gasteiger partial charge on any atom is -0.402 e. The van der Waals surface area contributed by atoms with Gasteiger partial charge in [0, 0.05) is 29.9 Å². The number of ether oxygens (including phenoxy) is 1. The summed E-state index contributed by atoms with van der Waals surface area (Å²) < 4.78 is 5.24. The Labute approximate surface area is 156 Å². The second-order valence-electron chi connectivity index (χ2n) is 5.77. The largest absolute Gasteiger partial charge is 0.402 e. The average Bonchev–Trinajstić information content (AvgIpc) is 3.01. The number of esters is 1. The molecule has 0 unspecified atom stereocenters. The molecule has 130 valence electrons. The van der Waals surface area contributed by atoms with Crippen molar-refractivity contribution in [1.82, 2.24) is 0 Å². The second-order valence-corrected chi connectivity index (χ2v) is 6.20. The molecule has 0 bridgehead atoms. The number of rotatable bonds is 5. The molecule has 0 aliphatic carbocycles. The number of nitriles is 1. The van der Waals surface area contributed by atoms with Crippen molar-refractivity contribution in [2.24, 2.45) is 4.99 Å². The Morgan fingerprint density at radius 1 is 1.27 bits per heavy atom. The number of aliphatic imine (C=N–C) groups is 1. The molecule has 0 atom stereocenters. The maximum atomic E-state index is 12.1. The molecule has 0 N–H and O–H groups in total. The molecule has 0 amide bonds. The molecule has 5 nitrogen and oxygen atoms in total. The Balaban J connectivity index is 1.79. The van der Waals surface area contributed by atoms with Gasteiger partial charge in [-0.2, -0.15) is 5.26 Å². The number of carbonyl (C=O) groups excluding carboxylic acids is 1. The molecule has 26 heavy (non-hydrogen) atoms. The van der Waals surface area contributed by atoms with Gasteiger partial charge in [-0.1, -0.05) is 29.8 Å². The van der Waals surface area contributed by atoms with Gasteiger partial charge < -0.3 is 9.64 Å². The van der Waals surface area contributed by atoms with Crippen molar-refractivity contribution in [3.63, 3.8) is 0 Å². The topological polar surface area (TPSA) is 65.7 Å². The highest BCUT2D eigenvalue weighted by Crippen LogP contribution is 2.22. The number of cyclic esters (lactones) is 1. The SMILES string of the molecule is CN(CCC#N)c1ccc(C=C2N=C(c3cccc(Cl)c3)OC2=O)cc1. The Morgan fingerprint density at radius 3 is 2.73 bits per heavy atom. The van der Waals surface area contributed by atoms with Crippen molar-refractivity contribution >= 4 is 35.2 Å². The predicted octanol–water partition coefficient (Wildman–Crippen LogP) is 4.03. The minimum atomic E-state index is -0.491. The Kier molecular flexibility index (Phi) is 5.35. The third-order valence-corrected chi connectivity index (χ3v) is 4.12. The Hall–Kier alpha value is -3.10. The molecule has 2 aromatic carbocycles. The summed E-state index contributed by atoms with van der Waals surface area (Å²) in [5, 5.41) is 9.21. The lowest BCUT2D eigenvalue weighted by atomic mass is 10.1. The van der Waals surface area contributed by atoms with Crippen LogP contribution in [-0.4, -0.2) is 25.5 Å². The summed E-state index contributed by atoms with van der Waals surface area (Å²) in [5.74, 6) is -0.244. The van der Waals surface area contributed by atoms with E-state index in [1.807, 2.05) is 36.2 Å². The van der Waals surface area contributed by atoms with Gasteiger partial charge in [0.1, 0.15) is 0 Å². The number of hydrogen-bond acceptors (Lipinski definition) is 5. The fourth-order valence-corrected chi connectivity index (χ4v) is 2.67. The van der Waals surface area contributed by atoms with Crippen LogP contribution in [0.3, 0.4) is 0 Å². The molecular weight excluding hydrogens is 350 g/mol. The third kappa shape index (κ3) is 4.11. The molecule has 3 rings (SSSR count). The van der Waals surface area contributed by atoms with Gasteiger partial charge in [-0.25, -0.2) is 9.79 Å². The lowest BCUT2D eigenvalue weighted by molar-refractivity contribution is -0.129. The third-order valence-electron chi connectivity index (χ3n) is 3.89. The molecule has 1 heterocycles. The van der Waals surface area contributed by atoms with E-state index >= 15 is 0 Å². The summed E-state index contributed by atoms with van der Waals surface area (Å²) in [7, 11) is 1.93. The molecule has 1 aliphatic rings. The van der Waals surface area contributed by atoms with Crippen LogP contribution in [0.5, 0.6) is 0 Å². The number of hydrogen-bond donors (Lipinski definition) is 0. The Bertz CT molecular complexity index is 927. The van der Waals surface area contributed by atoms with E-state index in [2.05, 4.69) is 11.1 Å². The number of nitrogens with zero attached hydrogens (tertiary/aromatic N) is 3. The van der Waals surface area contributed by atoms with Gasteiger partial charge in [0.2, 0.25) is 5.90 Å². The fourth-order valence-electron chi connectivity index (χ4n) is 2.48. The molecule has 2 aromatic rings. The van der Waals surface area contributed by atoms with Crippen LogP contribution in [0.4, 0.5) is 5.69 Å². The number of anilines is 1. The van der Waals surface area contributed by atoms with E-state index in [0.717, 1.165) is 11.3 Å². The normalized spacial score (nSPS) is 14.7. The average molecular weight is 366 g/mol. The molecule has 0 spiro atoms. The zero-order valence-corrected chi connectivity index (χ0v) is 14.9. The van der Waals surface area contributed by atoms with Crippen molar-refractivity contribution in [2.45, 2.75) is 6.42 Å². The highest BCUT2D eigenvalue weighted by Gasteiger charge is 2.24. The molecular formula is C20H16ClN3O2. The lowest BCUT2D eigenvalue weighted by Crippen LogP contribution is -2.17. The summed E-state index contributed by atoms with van der Waals surface area (Å²) in [6, 6.07) is 16.8. The van der Waals surface area contributed by atoms with E-state index in [0.29, 0.717) is 23.6 Å². The predicted molar refractivity (Wildman–Crippen MR) is 102 cm³/mol. The van der Waals surface area contributed by atoms with E-state index in [9.17, 15) is 4.79 Å². The first-order chi connectivity index (χ1) is 12.6. The zero-order valence-electron chi connectivity index (χ0n) is 14.1. The smallest absolute Gasteiger partial charge is 0.363 e. The highest BCUT2D eigenvalue weighted by molar-refractivity contribution is 6.31. The fraction of sp³-hybridized carbons (Fsp3) is 0.150. The standard InChI is InChI=1S/C20H16ClN3O2/c1-24(11-3-10-22)17-8-6-14(7-9-17)12-18-20(25)26-19(23-18)15-4-2-5-16(21)13-15/h2,4-9,12-13H,3,11H2,1H3. The summed E-state index contributed by atoms with van der Waals surface area (Å²) in [5.41, 5.74) is 2.74. The van der Waals surface area contributed by atoms with Gasteiger partial charge in [0.25, 0.3) is 0 Å². The van der Waals surface area contributed by atoms with Crippen molar-refractivity contribution < 1.29 is 9.53 Å². The number of benzene rings is 2. The second kappa shape index (κ2) is 7.85. The van der Waals surface area contributed by atoms with E-state index in [1.54, 1.807) is 30.3 Å². The van der Waals surface area contributed by atoms with Gasteiger partial charge in [-0.15, -0.1) is 0 Å². The summed E-state index contributed by atoms with van der Waals surface area (Å²) in [6.07, 6.45) is 2.15. The summed E-state index contributed by atoms with van der Waals surface area (Å²) in [4.78, 5) is 18.3. The molecule has 1 aliphatic heterocycles. The highest BCUT2D eigenvalue weighted by atomic mass is 35.5. The van der Waals surface area contributed by atoms with Gasteiger partial charge in [0.05, 0.1) is 12.5 Å². The van der Waals surface area contributed by atoms with E-state index in [1.165, 1.54) is 0 Å². The van der Waals surface area contributed by atoms with Crippen molar-refractivity contribution in [3.05, 3.63) is 70.4 Å². The molecule has 0 aromatic heterocycles. The Morgan fingerprint density at radius 2 is 2.04 bits per heavy atom. The first-order valence-corrected chi connectivity index (χ1v) is 8.41. The molecule has 0 saturated carbocycles. The van der Waals surface area contributed by atoms with Crippen LogP contribution in [0.2, 0.25) is 5.02 Å². The van der Waals surface area contributed by atoms with Crippen molar-refractivity contribution in [3.8, 4) is 6.07 Å². The summed E-state index contributed by atoms with van der Waals surface area (Å²) in [6.45, 7) is 0.663. The van der Waals surface area contributed by atoms with Crippen LogP contribution in [0.1, 0.15) is 17.5 Å². The zero-order chi connectivity index (χ0) is 18.5. The van der Waals surface area contributed by atoms with Gasteiger partial charge in [0.15, 0.2) is 5.70 Å². The van der Waals surface area contributed by atoms with Gasteiger partial charge in [-0.05, 0) is 42.0 Å². The first kappa shape index (κ1) is 17.7. The van der Waals surface area contributed by atoms with Crippen molar-refractivity contribution in [1.29, 1.82) is 5.26 Å². The maximum absolute atomic E-state index is 12.1. The van der Waals surface area contributed by atoms with Crippen LogP contribution in [0.15, 0.2) is 59.2 Å². The van der Waals surface area contributed by atoms with Crippen LogP contribution >= 0.6 is 11.6 Å². The molecule has 0 saturated heterocycles. The number of halogens is 1. The van der Waals surface area contributed by atoms with Crippen LogP contribution in [0, 0.1) is 11.3 Å². The minimum absolute atomic E-state index is 0.241. The summed E-state index contributed by atoms with van der Waals surface area (Å²) >= 11 is 5.97.